The van der Waals surface area contributed by atoms with E-state index in [0.717, 1.165) is 11.4 Å². The number of carbonyl (C=O) groups is 1. The molecule has 0 fully saturated rings. The van der Waals surface area contributed by atoms with E-state index in [4.69, 9.17) is 11.6 Å². The average Bonchev–Trinajstić information content (AvgIpc) is 3.37. The number of nitrogens with zero attached hydrogens (tertiary/aromatic N) is 5. The normalized spacial score (nSPS) is 10.9. The highest BCUT2D eigenvalue weighted by Crippen LogP contribution is 2.32. The predicted octanol–water partition coefficient (Wildman–Crippen LogP) is 5.49. The molecule has 2 aromatic carbocycles. The molecule has 4 aromatic rings. The fourth-order valence-electron chi connectivity index (χ4n) is 2.77. The zero-order valence-corrected chi connectivity index (χ0v) is 18.1. The highest BCUT2D eigenvalue weighted by molar-refractivity contribution is 7.98. The Kier molecular flexibility index (Phi) is 6.12. The van der Waals surface area contributed by atoms with Crippen LogP contribution >= 0.6 is 34.7 Å². The van der Waals surface area contributed by atoms with Gasteiger partial charge in [-0.05, 0) is 30.3 Å². The zero-order valence-electron chi connectivity index (χ0n) is 15.7. The molecule has 1 amide bonds. The molecule has 0 aliphatic heterocycles. The summed E-state index contributed by atoms with van der Waals surface area (Å²) in [5.74, 6) is -0.276. The van der Waals surface area contributed by atoms with Gasteiger partial charge in [-0.2, -0.15) is 0 Å². The minimum atomic E-state index is -0.478. The van der Waals surface area contributed by atoms with Gasteiger partial charge < -0.3 is 0 Å². The predicted molar refractivity (Wildman–Crippen MR) is 117 cm³/mol. The number of carbonyl (C=O) groups excluding carboxylic acids is 1. The van der Waals surface area contributed by atoms with Crippen molar-refractivity contribution in [2.24, 2.45) is 0 Å². The van der Waals surface area contributed by atoms with Crippen molar-refractivity contribution < 1.29 is 9.18 Å². The monoisotopic (exact) mass is 459 g/mol. The lowest BCUT2D eigenvalue weighted by atomic mass is 10.3. The van der Waals surface area contributed by atoms with Crippen LogP contribution in [0.15, 0.2) is 65.4 Å². The van der Waals surface area contributed by atoms with Crippen molar-refractivity contribution in [3.05, 3.63) is 76.8 Å². The molecular formula is C20H15ClFN5OS2. The number of thioether (sulfide) groups is 1. The molecule has 0 aliphatic carbocycles. The van der Waals surface area contributed by atoms with Gasteiger partial charge in [-0.25, -0.2) is 9.37 Å². The summed E-state index contributed by atoms with van der Waals surface area (Å²) in [6.07, 6.45) is 1.62. The lowest BCUT2D eigenvalue weighted by molar-refractivity contribution is -0.115. The highest BCUT2D eigenvalue weighted by Gasteiger charge is 2.21. The molecule has 152 valence electrons. The van der Waals surface area contributed by atoms with E-state index in [0.29, 0.717) is 21.1 Å². The SMILES string of the molecule is CC(=O)N(c1nc(CSc2nncn2-c2cccc(Cl)c2)cs1)c1ccccc1F. The molecule has 0 saturated heterocycles. The summed E-state index contributed by atoms with van der Waals surface area (Å²) in [6, 6.07) is 13.5. The molecular weight excluding hydrogens is 445 g/mol. The van der Waals surface area contributed by atoms with E-state index in [2.05, 4.69) is 15.2 Å². The maximum absolute atomic E-state index is 14.2. The second-order valence-corrected chi connectivity index (χ2v) is 8.39. The maximum Gasteiger partial charge on any atom is 0.230 e. The van der Waals surface area contributed by atoms with Crippen LogP contribution in [0.3, 0.4) is 0 Å². The third-order valence-electron chi connectivity index (χ3n) is 4.09. The Balaban J connectivity index is 1.53. The van der Waals surface area contributed by atoms with Crippen molar-refractivity contribution in [3.63, 3.8) is 0 Å². The molecule has 2 heterocycles. The van der Waals surface area contributed by atoms with Crippen LogP contribution in [0.2, 0.25) is 5.02 Å². The summed E-state index contributed by atoms with van der Waals surface area (Å²) in [4.78, 5) is 18.0. The third kappa shape index (κ3) is 4.38. The Morgan fingerprint density at radius 2 is 2.10 bits per heavy atom. The lowest BCUT2D eigenvalue weighted by Crippen LogP contribution is -2.23. The van der Waals surface area contributed by atoms with Gasteiger partial charge in [0.2, 0.25) is 5.91 Å². The van der Waals surface area contributed by atoms with Crippen LogP contribution in [0.1, 0.15) is 12.6 Å². The summed E-state index contributed by atoms with van der Waals surface area (Å²) in [6.45, 7) is 1.38. The smallest absolute Gasteiger partial charge is 0.230 e. The minimum absolute atomic E-state index is 0.180. The van der Waals surface area contributed by atoms with Crippen LogP contribution in [-0.4, -0.2) is 25.7 Å². The number of benzene rings is 2. The summed E-state index contributed by atoms with van der Waals surface area (Å²) in [7, 11) is 0. The van der Waals surface area contributed by atoms with E-state index >= 15 is 0 Å². The van der Waals surface area contributed by atoms with Crippen LogP contribution < -0.4 is 4.90 Å². The highest BCUT2D eigenvalue weighted by atomic mass is 35.5. The maximum atomic E-state index is 14.2. The Morgan fingerprint density at radius 3 is 2.87 bits per heavy atom. The van der Waals surface area contributed by atoms with Gasteiger partial charge >= 0.3 is 0 Å². The van der Waals surface area contributed by atoms with Crippen LogP contribution in [0, 0.1) is 5.82 Å². The van der Waals surface area contributed by atoms with Crippen molar-refractivity contribution in [2.45, 2.75) is 17.8 Å². The summed E-state index contributed by atoms with van der Waals surface area (Å²) in [5.41, 5.74) is 1.79. The molecule has 0 atom stereocenters. The van der Waals surface area contributed by atoms with E-state index in [-0.39, 0.29) is 11.6 Å². The zero-order chi connectivity index (χ0) is 21.1. The largest absolute Gasteiger partial charge is 0.277 e. The summed E-state index contributed by atoms with van der Waals surface area (Å²) in [5, 5.41) is 11.7. The number of hydrogen-bond acceptors (Lipinski definition) is 6. The molecule has 0 saturated carbocycles. The summed E-state index contributed by atoms with van der Waals surface area (Å²) >= 11 is 8.81. The molecule has 30 heavy (non-hydrogen) atoms. The van der Waals surface area contributed by atoms with E-state index in [1.165, 1.54) is 41.0 Å². The quantitative estimate of drug-likeness (QED) is 0.356. The number of para-hydroxylation sites is 1. The van der Waals surface area contributed by atoms with Gasteiger partial charge in [-0.1, -0.05) is 41.6 Å². The molecule has 4 rings (SSSR count). The first kappa shape index (κ1) is 20.5. The van der Waals surface area contributed by atoms with E-state index in [1.54, 1.807) is 30.6 Å². The topological polar surface area (TPSA) is 63.9 Å². The molecule has 0 bridgehead atoms. The van der Waals surface area contributed by atoms with Crippen molar-refractivity contribution in [1.82, 2.24) is 19.7 Å². The van der Waals surface area contributed by atoms with Gasteiger partial charge in [0, 0.05) is 23.1 Å². The molecule has 0 aliphatic rings. The Morgan fingerprint density at radius 1 is 1.27 bits per heavy atom. The molecule has 0 unspecified atom stereocenters. The van der Waals surface area contributed by atoms with Gasteiger partial charge in [0.15, 0.2) is 10.3 Å². The van der Waals surface area contributed by atoms with Crippen molar-refractivity contribution >= 4 is 51.4 Å². The molecule has 0 N–H and O–H groups in total. The number of rotatable bonds is 6. The minimum Gasteiger partial charge on any atom is -0.277 e. The second-order valence-electron chi connectivity index (χ2n) is 6.18. The Bertz CT molecular complexity index is 1200. The number of thiazole rings is 1. The number of aromatic nitrogens is 4. The Labute approximate surface area is 185 Å². The second kappa shape index (κ2) is 8.95. The van der Waals surface area contributed by atoms with Crippen LogP contribution in [-0.2, 0) is 10.5 Å². The summed E-state index contributed by atoms with van der Waals surface area (Å²) < 4.78 is 16.1. The molecule has 6 nitrogen and oxygen atoms in total. The van der Waals surface area contributed by atoms with E-state index in [9.17, 15) is 9.18 Å². The number of anilines is 2. The van der Waals surface area contributed by atoms with E-state index < -0.39 is 5.82 Å². The van der Waals surface area contributed by atoms with Gasteiger partial charge in [0.25, 0.3) is 0 Å². The van der Waals surface area contributed by atoms with Crippen molar-refractivity contribution in [2.75, 3.05) is 4.90 Å². The van der Waals surface area contributed by atoms with Crippen LogP contribution in [0.4, 0.5) is 15.2 Å². The van der Waals surface area contributed by atoms with Crippen molar-refractivity contribution in [1.29, 1.82) is 0 Å². The van der Waals surface area contributed by atoms with Crippen LogP contribution in [0.25, 0.3) is 5.69 Å². The molecule has 10 heteroatoms. The first-order valence-corrected chi connectivity index (χ1v) is 11.1. The van der Waals surface area contributed by atoms with Crippen LogP contribution in [0.5, 0.6) is 0 Å². The third-order valence-corrected chi connectivity index (χ3v) is 6.18. The fourth-order valence-corrected chi connectivity index (χ4v) is 4.76. The van der Waals surface area contributed by atoms with Gasteiger partial charge in [-0.15, -0.1) is 21.5 Å². The average molecular weight is 460 g/mol. The standard InChI is InChI=1S/C20H15ClFN5OS2/c1-13(28)27(18-8-3-2-7-17(18)22)19-24-15(10-29-19)11-30-20-25-23-12-26(20)16-6-4-5-14(21)9-16/h2-10,12H,11H2,1H3. The Hall–Kier alpha value is -2.75. The van der Waals surface area contributed by atoms with Crippen molar-refractivity contribution in [3.8, 4) is 5.69 Å². The molecule has 0 spiro atoms. The first-order chi connectivity index (χ1) is 14.5. The fraction of sp³-hybridized carbons (Fsp3) is 0.100. The number of amides is 1. The van der Waals surface area contributed by atoms with Gasteiger partial charge in [0.05, 0.1) is 17.1 Å². The lowest BCUT2D eigenvalue weighted by Gasteiger charge is -2.18. The number of hydrogen-bond donors (Lipinski definition) is 0. The number of halogens is 2. The van der Waals surface area contributed by atoms with Gasteiger partial charge in [0.1, 0.15) is 12.1 Å². The molecule has 2 aromatic heterocycles. The molecule has 0 radical (unpaired) electrons. The van der Waals surface area contributed by atoms with Gasteiger partial charge in [-0.3, -0.25) is 14.3 Å². The first-order valence-electron chi connectivity index (χ1n) is 8.81. The van der Waals surface area contributed by atoms with E-state index in [1.807, 2.05) is 28.1 Å².